The summed E-state index contributed by atoms with van der Waals surface area (Å²) < 4.78 is 7.68. The van der Waals surface area contributed by atoms with Crippen LogP contribution in [0, 0.1) is 0 Å². The maximum Gasteiger partial charge on any atom is 0.124 e. The molecule has 0 unspecified atom stereocenters. The average Bonchev–Trinajstić information content (AvgIpc) is 2.99. The van der Waals surface area contributed by atoms with E-state index in [1.54, 1.807) is 0 Å². The molecule has 3 rings (SSSR count). The van der Waals surface area contributed by atoms with E-state index in [-0.39, 0.29) is 0 Å². The van der Waals surface area contributed by atoms with E-state index in [9.17, 15) is 0 Å². The molecule has 0 fully saturated rings. The van der Waals surface area contributed by atoms with Crippen molar-refractivity contribution in [2.45, 2.75) is 38.4 Å². The van der Waals surface area contributed by atoms with E-state index in [0.717, 1.165) is 31.7 Å². The van der Waals surface area contributed by atoms with Gasteiger partial charge in [0, 0.05) is 43.0 Å². The van der Waals surface area contributed by atoms with E-state index < -0.39 is 0 Å². The number of aryl methyl sites for hydroxylation is 1. The molecule has 0 bridgehead atoms. The summed E-state index contributed by atoms with van der Waals surface area (Å²) in [7, 11) is 0. The van der Waals surface area contributed by atoms with Crippen molar-refractivity contribution in [3.63, 3.8) is 0 Å². The molecule has 20 heavy (non-hydrogen) atoms. The van der Waals surface area contributed by atoms with Crippen molar-refractivity contribution in [1.29, 1.82) is 0 Å². The number of hydrogen-bond donors (Lipinski definition) is 1. The monoisotopic (exact) mass is 271 g/mol. The maximum absolute atomic E-state index is 5.70. The molecule has 4 heteroatoms. The van der Waals surface area contributed by atoms with Crippen molar-refractivity contribution in [2.75, 3.05) is 6.61 Å². The van der Waals surface area contributed by atoms with Crippen LogP contribution in [0.25, 0.3) is 0 Å². The third kappa shape index (κ3) is 3.02. The smallest absolute Gasteiger partial charge is 0.124 e. The van der Waals surface area contributed by atoms with Crippen LogP contribution < -0.4 is 10.1 Å². The molecular formula is C16H21N3O. The Morgan fingerprint density at radius 2 is 2.30 bits per heavy atom. The van der Waals surface area contributed by atoms with Crippen LogP contribution >= 0.6 is 0 Å². The Balaban J connectivity index is 1.58. The lowest BCUT2D eigenvalue weighted by Crippen LogP contribution is -2.34. The van der Waals surface area contributed by atoms with E-state index in [1.165, 1.54) is 5.56 Å². The third-order valence-corrected chi connectivity index (χ3v) is 3.79. The van der Waals surface area contributed by atoms with Crippen LogP contribution in [0.3, 0.4) is 0 Å². The first-order chi connectivity index (χ1) is 9.83. The number of nitrogens with zero attached hydrogens (tertiary/aromatic N) is 2. The topological polar surface area (TPSA) is 39.1 Å². The summed E-state index contributed by atoms with van der Waals surface area (Å²) in [6.45, 7) is 3.98. The summed E-state index contributed by atoms with van der Waals surface area (Å²) in [5, 5.41) is 7.96. The number of hydrogen-bond acceptors (Lipinski definition) is 3. The molecule has 0 amide bonds. The number of ether oxygens (including phenoxy) is 1. The molecule has 1 aliphatic rings. The predicted octanol–water partition coefficient (Wildman–Crippen LogP) is 2.78. The SMILES string of the molecule is C[C@@H](CCn1cccn1)N[C@@H]1CCOc2ccccc21. The largest absolute Gasteiger partial charge is 0.493 e. The highest BCUT2D eigenvalue weighted by molar-refractivity contribution is 5.37. The fourth-order valence-electron chi connectivity index (χ4n) is 2.70. The van der Waals surface area contributed by atoms with Crippen molar-refractivity contribution >= 4 is 0 Å². The van der Waals surface area contributed by atoms with Gasteiger partial charge in [0.25, 0.3) is 0 Å². The molecule has 1 aromatic carbocycles. The van der Waals surface area contributed by atoms with E-state index in [2.05, 4.69) is 35.5 Å². The summed E-state index contributed by atoms with van der Waals surface area (Å²) in [6.07, 6.45) is 5.94. The molecule has 2 heterocycles. The van der Waals surface area contributed by atoms with Gasteiger partial charge in [-0.3, -0.25) is 4.68 Å². The van der Waals surface area contributed by atoms with Crippen molar-refractivity contribution in [2.24, 2.45) is 0 Å². The number of rotatable bonds is 5. The van der Waals surface area contributed by atoms with Gasteiger partial charge in [0.1, 0.15) is 5.75 Å². The van der Waals surface area contributed by atoms with E-state index in [1.807, 2.05) is 29.2 Å². The molecule has 0 spiro atoms. The van der Waals surface area contributed by atoms with Crippen LogP contribution in [-0.2, 0) is 6.54 Å². The number of fused-ring (bicyclic) bond motifs is 1. The van der Waals surface area contributed by atoms with Crippen LogP contribution in [0.1, 0.15) is 31.4 Å². The Morgan fingerprint density at radius 1 is 1.40 bits per heavy atom. The first-order valence-corrected chi connectivity index (χ1v) is 7.28. The lowest BCUT2D eigenvalue weighted by molar-refractivity contribution is 0.242. The highest BCUT2D eigenvalue weighted by Crippen LogP contribution is 2.31. The lowest BCUT2D eigenvalue weighted by Gasteiger charge is -2.29. The van der Waals surface area contributed by atoms with Crippen LogP contribution in [0.2, 0.25) is 0 Å². The molecular weight excluding hydrogens is 250 g/mol. The molecule has 0 saturated heterocycles. The highest BCUT2D eigenvalue weighted by atomic mass is 16.5. The standard InChI is InChI=1S/C16H21N3O/c1-13(7-11-19-10-4-9-17-19)18-15-8-12-20-16-6-3-2-5-14(15)16/h2-6,9-10,13,15,18H,7-8,11-12H2,1H3/t13-,15+/m0/s1. The van der Waals surface area contributed by atoms with Crippen LogP contribution in [-0.4, -0.2) is 22.4 Å². The van der Waals surface area contributed by atoms with Crippen LogP contribution in [0.4, 0.5) is 0 Å². The molecule has 4 nitrogen and oxygen atoms in total. The molecule has 0 radical (unpaired) electrons. The van der Waals surface area contributed by atoms with Gasteiger partial charge in [0.15, 0.2) is 0 Å². The number of nitrogens with one attached hydrogen (secondary N) is 1. The lowest BCUT2D eigenvalue weighted by atomic mass is 9.99. The van der Waals surface area contributed by atoms with Gasteiger partial charge in [0.05, 0.1) is 6.61 Å². The van der Waals surface area contributed by atoms with Crippen molar-refractivity contribution in [3.8, 4) is 5.75 Å². The summed E-state index contributed by atoms with van der Waals surface area (Å²) in [6, 6.07) is 11.1. The van der Waals surface area contributed by atoms with E-state index >= 15 is 0 Å². The quantitative estimate of drug-likeness (QED) is 0.909. The number of aromatic nitrogens is 2. The Labute approximate surface area is 119 Å². The fraction of sp³-hybridized carbons (Fsp3) is 0.438. The van der Waals surface area contributed by atoms with Crippen molar-refractivity contribution in [1.82, 2.24) is 15.1 Å². The first-order valence-electron chi connectivity index (χ1n) is 7.28. The van der Waals surface area contributed by atoms with Crippen molar-refractivity contribution < 1.29 is 4.74 Å². The molecule has 2 aromatic rings. The fourth-order valence-corrected chi connectivity index (χ4v) is 2.70. The van der Waals surface area contributed by atoms with Crippen LogP contribution in [0.5, 0.6) is 5.75 Å². The second-order valence-corrected chi connectivity index (χ2v) is 5.35. The van der Waals surface area contributed by atoms with Crippen LogP contribution in [0.15, 0.2) is 42.7 Å². The zero-order chi connectivity index (χ0) is 13.8. The van der Waals surface area contributed by atoms with E-state index in [4.69, 9.17) is 4.74 Å². The average molecular weight is 271 g/mol. The summed E-state index contributed by atoms with van der Waals surface area (Å²) in [5.41, 5.74) is 1.28. The Bertz CT molecular complexity index is 538. The summed E-state index contributed by atoms with van der Waals surface area (Å²) in [5.74, 6) is 1.02. The molecule has 1 N–H and O–H groups in total. The number of benzene rings is 1. The Morgan fingerprint density at radius 3 is 3.15 bits per heavy atom. The summed E-state index contributed by atoms with van der Waals surface area (Å²) in [4.78, 5) is 0. The highest BCUT2D eigenvalue weighted by Gasteiger charge is 2.21. The van der Waals surface area contributed by atoms with Gasteiger partial charge in [-0.05, 0) is 25.5 Å². The zero-order valence-electron chi connectivity index (χ0n) is 11.8. The second-order valence-electron chi connectivity index (χ2n) is 5.35. The minimum absolute atomic E-state index is 0.396. The molecule has 1 aliphatic heterocycles. The zero-order valence-corrected chi connectivity index (χ0v) is 11.8. The van der Waals surface area contributed by atoms with Gasteiger partial charge in [-0.2, -0.15) is 5.10 Å². The molecule has 106 valence electrons. The third-order valence-electron chi connectivity index (χ3n) is 3.79. The minimum Gasteiger partial charge on any atom is -0.493 e. The van der Waals surface area contributed by atoms with Gasteiger partial charge >= 0.3 is 0 Å². The van der Waals surface area contributed by atoms with Gasteiger partial charge in [0.2, 0.25) is 0 Å². The van der Waals surface area contributed by atoms with E-state index in [0.29, 0.717) is 12.1 Å². The summed E-state index contributed by atoms with van der Waals surface area (Å²) >= 11 is 0. The first kappa shape index (κ1) is 13.2. The van der Waals surface area contributed by atoms with Gasteiger partial charge < -0.3 is 10.1 Å². The number of para-hydroxylation sites is 1. The van der Waals surface area contributed by atoms with Crippen molar-refractivity contribution in [3.05, 3.63) is 48.3 Å². The van der Waals surface area contributed by atoms with Gasteiger partial charge in [-0.15, -0.1) is 0 Å². The Hall–Kier alpha value is -1.81. The van der Waals surface area contributed by atoms with Gasteiger partial charge in [-0.1, -0.05) is 18.2 Å². The second kappa shape index (κ2) is 6.09. The molecule has 0 saturated carbocycles. The molecule has 2 atom stereocenters. The normalized spacial score (nSPS) is 19.1. The van der Waals surface area contributed by atoms with Gasteiger partial charge in [-0.25, -0.2) is 0 Å². The molecule has 1 aromatic heterocycles. The predicted molar refractivity (Wildman–Crippen MR) is 78.7 cm³/mol. The minimum atomic E-state index is 0.396. The molecule has 0 aliphatic carbocycles. The maximum atomic E-state index is 5.70. The Kier molecular flexibility index (Phi) is 4.02.